The Bertz CT molecular complexity index is 516. The molecule has 1 N–H and O–H groups in total. The van der Waals surface area contributed by atoms with E-state index in [2.05, 4.69) is 10.2 Å². The van der Waals surface area contributed by atoms with Crippen molar-refractivity contribution in [2.75, 3.05) is 0 Å². The Morgan fingerprint density at radius 2 is 1.70 bits per heavy atom. The highest BCUT2D eigenvalue weighted by Gasteiger charge is 2.42. The number of nitrogens with zero attached hydrogens (tertiary/aromatic N) is 2. The Balaban J connectivity index is 2.18. The van der Waals surface area contributed by atoms with Gasteiger partial charge in [0.25, 0.3) is 0 Å². The second-order valence-corrected chi connectivity index (χ2v) is 6.87. The topological polar surface area (TPSA) is 33.6 Å². The Labute approximate surface area is 121 Å². The number of H-pyrrole nitrogens is 1. The van der Waals surface area contributed by atoms with Gasteiger partial charge < -0.3 is 0 Å². The van der Waals surface area contributed by atoms with E-state index < -0.39 is 12.1 Å². The first-order valence-corrected chi connectivity index (χ1v) is 7.26. The molecule has 1 saturated carbocycles. The molecule has 0 aliphatic heterocycles. The Hall–Kier alpha value is -0.850. The van der Waals surface area contributed by atoms with Crippen LogP contribution in [0.2, 0.25) is 0 Å². The minimum atomic E-state index is -4.07. The summed E-state index contributed by atoms with van der Waals surface area (Å²) in [4.78, 5) is 0. The van der Waals surface area contributed by atoms with Crippen molar-refractivity contribution in [3.05, 3.63) is 10.6 Å². The van der Waals surface area contributed by atoms with Gasteiger partial charge in [-0.3, -0.25) is 9.67 Å². The van der Waals surface area contributed by atoms with Crippen LogP contribution in [0.3, 0.4) is 0 Å². The van der Waals surface area contributed by atoms with Crippen LogP contribution in [0.1, 0.15) is 58.2 Å². The van der Waals surface area contributed by atoms with Crippen molar-refractivity contribution < 1.29 is 13.2 Å². The number of nitrogens with one attached hydrogen (secondary N) is 1. The fourth-order valence-electron chi connectivity index (χ4n) is 2.91. The van der Waals surface area contributed by atoms with Gasteiger partial charge in [0.1, 0.15) is 5.82 Å². The van der Waals surface area contributed by atoms with Crippen LogP contribution in [-0.4, -0.2) is 20.9 Å². The van der Waals surface area contributed by atoms with Crippen LogP contribution < -0.4 is 0 Å². The number of hydrogen-bond donors (Lipinski definition) is 1. The van der Waals surface area contributed by atoms with Crippen LogP contribution in [0.5, 0.6) is 0 Å². The average Bonchev–Trinajstić information content (AvgIpc) is 2.70. The molecule has 1 aliphatic rings. The van der Waals surface area contributed by atoms with E-state index >= 15 is 0 Å². The Kier molecular flexibility index (Phi) is 4.01. The summed E-state index contributed by atoms with van der Waals surface area (Å²) in [5.41, 5.74) is -0.222. The molecule has 20 heavy (non-hydrogen) atoms. The number of alkyl halides is 3. The third kappa shape index (κ3) is 3.07. The van der Waals surface area contributed by atoms with Gasteiger partial charge in [-0.1, -0.05) is 0 Å². The van der Waals surface area contributed by atoms with Crippen molar-refractivity contribution in [2.45, 2.75) is 64.1 Å². The van der Waals surface area contributed by atoms with E-state index in [-0.39, 0.29) is 24.3 Å². The van der Waals surface area contributed by atoms with Crippen LogP contribution >= 0.6 is 12.2 Å². The predicted molar refractivity (Wildman–Crippen MR) is 73.2 cm³/mol. The van der Waals surface area contributed by atoms with Crippen molar-refractivity contribution in [1.82, 2.24) is 14.8 Å². The lowest BCUT2D eigenvalue weighted by Crippen LogP contribution is -2.30. The maximum atomic E-state index is 12.7. The zero-order valence-corrected chi connectivity index (χ0v) is 12.7. The summed E-state index contributed by atoms with van der Waals surface area (Å²) in [5, 5.41) is 7.03. The molecule has 1 aromatic rings. The van der Waals surface area contributed by atoms with Crippen molar-refractivity contribution in [3.8, 4) is 0 Å². The fourth-order valence-corrected chi connectivity index (χ4v) is 3.32. The van der Waals surface area contributed by atoms with Crippen LogP contribution in [0.15, 0.2) is 0 Å². The molecular formula is C13H20F3N3S. The van der Waals surface area contributed by atoms with E-state index in [0.717, 1.165) is 5.82 Å². The summed E-state index contributed by atoms with van der Waals surface area (Å²) >= 11 is 5.24. The minimum absolute atomic E-state index is 0.0563. The minimum Gasteiger partial charge on any atom is -0.299 e. The van der Waals surface area contributed by atoms with Gasteiger partial charge in [0, 0.05) is 11.5 Å². The monoisotopic (exact) mass is 307 g/mol. The maximum Gasteiger partial charge on any atom is 0.391 e. The first-order chi connectivity index (χ1) is 9.10. The predicted octanol–water partition coefficient (Wildman–Crippen LogP) is 4.53. The highest BCUT2D eigenvalue weighted by Crippen LogP contribution is 2.42. The van der Waals surface area contributed by atoms with Crippen molar-refractivity contribution in [2.24, 2.45) is 5.92 Å². The van der Waals surface area contributed by atoms with Crippen LogP contribution in [0.25, 0.3) is 0 Å². The Morgan fingerprint density at radius 1 is 1.15 bits per heavy atom. The van der Waals surface area contributed by atoms with E-state index in [1.54, 1.807) is 0 Å². The molecular weight excluding hydrogens is 287 g/mol. The van der Waals surface area contributed by atoms with Gasteiger partial charge in [0.05, 0.1) is 5.92 Å². The highest BCUT2D eigenvalue weighted by atomic mass is 32.1. The second kappa shape index (κ2) is 5.16. The van der Waals surface area contributed by atoms with E-state index in [9.17, 15) is 13.2 Å². The molecule has 7 heteroatoms. The lowest BCUT2D eigenvalue weighted by Gasteiger charge is -2.31. The molecule has 1 heterocycles. The molecule has 2 rings (SSSR count). The summed E-state index contributed by atoms with van der Waals surface area (Å²) in [7, 11) is 0. The number of halogens is 3. The van der Waals surface area contributed by atoms with E-state index in [1.165, 1.54) is 0 Å². The molecule has 0 radical (unpaired) electrons. The zero-order chi connectivity index (χ0) is 15.1. The van der Waals surface area contributed by atoms with E-state index in [4.69, 9.17) is 12.2 Å². The first kappa shape index (κ1) is 15.5. The molecule has 0 unspecified atom stereocenters. The largest absolute Gasteiger partial charge is 0.391 e. The SMILES string of the molecule is CC(C)(C)n1c(C2CCC(C(F)(F)F)CC2)n[nH]c1=S. The quantitative estimate of drug-likeness (QED) is 0.773. The molecule has 0 aromatic carbocycles. The molecule has 0 spiro atoms. The first-order valence-electron chi connectivity index (χ1n) is 6.85. The number of rotatable bonds is 1. The summed E-state index contributed by atoms with van der Waals surface area (Å²) in [6.07, 6.45) is -2.69. The average molecular weight is 307 g/mol. The third-order valence-corrected chi connectivity index (χ3v) is 4.20. The summed E-state index contributed by atoms with van der Waals surface area (Å²) < 4.78 is 40.6. The fraction of sp³-hybridized carbons (Fsp3) is 0.846. The second-order valence-electron chi connectivity index (χ2n) is 6.48. The lowest BCUT2D eigenvalue weighted by atomic mass is 9.81. The van der Waals surface area contributed by atoms with E-state index in [0.29, 0.717) is 17.6 Å². The number of aromatic amines is 1. The highest BCUT2D eigenvalue weighted by molar-refractivity contribution is 7.71. The van der Waals surface area contributed by atoms with Gasteiger partial charge in [-0.05, 0) is 58.7 Å². The van der Waals surface area contributed by atoms with Crippen LogP contribution in [0.4, 0.5) is 13.2 Å². The van der Waals surface area contributed by atoms with Crippen molar-refractivity contribution in [1.29, 1.82) is 0 Å². The summed E-state index contributed by atoms with van der Waals surface area (Å²) in [5.74, 6) is -0.312. The number of hydrogen-bond acceptors (Lipinski definition) is 2. The molecule has 0 bridgehead atoms. The molecule has 3 nitrogen and oxygen atoms in total. The summed E-state index contributed by atoms with van der Waals surface area (Å²) in [6.45, 7) is 6.05. The van der Waals surface area contributed by atoms with E-state index in [1.807, 2.05) is 25.3 Å². The number of aromatic nitrogens is 3. The van der Waals surface area contributed by atoms with Gasteiger partial charge in [0.15, 0.2) is 4.77 Å². The molecule has 0 atom stereocenters. The zero-order valence-electron chi connectivity index (χ0n) is 11.9. The molecule has 0 amide bonds. The molecule has 1 aromatic heterocycles. The normalized spacial score (nSPS) is 24.9. The standard InChI is InChI=1S/C13H20F3N3S/c1-12(2,3)19-10(17-18-11(19)20)8-4-6-9(7-5-8)13(14,15)16/h8-9H,4-7H2,1-3H3,(H,18,20). The van der Waals surface area contributed by atoms with Gasteiger partial charge in [-0.15, -0.1) is 0 Å². The molecule has 0 saturated heterocycles. The molecule has 1 aliphatic carbocycles. The lowest BCUT2D eigenvalue weighted by molar-refractivity contribution is -0.182. The smallest absolute Gasteiger partial charge is 0.299 e. The van der Waals surface area contributed by atoms with Crippen molar-refractivity contribution in [3.63, 3.8) is 0 Å². The maximum absolute atomic E-state index is 12.7. The third-order valence-electron chi connectivity index (χ3n) is 3.92. The Morgan fingerprint density at radius 3 is 2.15 bits per heavy atom. The van der Waals surface area contributed by atoms with Crippen molar-refractivity contribution >= 4 is 12.2 Å². The van der Waals surface area contributed by atoms with Crippen LogP contribution in [-0.2, 0) is 5.54 Å². The summed E-state index contributed by atoms with van der Waals surface area (Å²) in [6, 6.07) is 0. The molecule has 114 valence electrons. The van der Waals surface area contributed by atoms with Crippen LogP contribution in [0, 0.1) is 10.7 Å². The molecule has 1 fully saturated rings. The van der Waals surface area contributed by atoms with Gasteiger partial charge in [0.2, 0.25) is 0 Å². The van der Waals surface area contributed by atoms with Gasteiger partial charge in [-0.2, -0.15) is 18.3 Å². The van der Waals surface area contributed by atoms with Gasteiger partial charge >= 0.3 is 6.18 Å². The van der Waals surface area contributed by atoms with Gasteiger partial charge in [-0.25, -0.2) is 0 Å².